The summed E-state index contributed by atoms with van der Waals surface area (Å²) < 4.78 is 30.4. The molecular weight excluding hydrogens is 360 g/mol. The van der Waals surface area contributed by atoms with Crippen LogP contribution in [0.4, 0.5) is 0 Å². The molecule has 0 aliphatic heterocycles. The minimum atomic E-state index is -3.48. The van der Waals surface area contributed by atoms with Crippen LogP contribution in [0.3, 0.4) is 0 Å². The van der Waals surface area contributed by atoms with Crippen LogP contribution in [0.25, 0.3) is 0 Å². The van der Waals surface area contributed by atoms with E-state index < -0.39 is 32.4 Å². The fraction of sp³-hybridized carbons (Fsp3) is 0.500. The average Bonchev–Trinajstić information content (AvgIpc) is 3.11. The molecule has 0 aromatic heterocycles. The molecule has 0 spiro atoms. The van der Waals surface area contributed by atoms with Crippen LogP contribution in [0.15, 0.2) is 28.7 Å². The van der Waals surface area contributed by atoms with E-state index in [9.17, 15) is 18.3 Å². The molecule has 0 unspecified atom stereocenters. The van der Waals surface area contributed by atoms with Crippen LogP contribution in [0.1, 0.15) is 18.4 Å². The van der Waals surface area contributed by atoms with Gasteiger partial charge in [0.05, 0.1) is 11.9 Å². The number of benzene rings is 1. The van der Waals surface area contributed by atoms with Gasteiger partial charge in [-0.3, -0.25) is 4.79 Å². The van der Waals surface area contributed by atoms with Crippen LogP contribution in [0.2, 0.25) is 0 Å². The number of halogens is 1. The molecule has 5 nitrogen and oxygen atoms in total. The number of hydrogen-bond acceptors (Lipinski definition) is 4. The fourth-order valence-corrected chi connectivity index (χ4v) is 5.30. The average molecular weight is 377 g/mol. The molecule has 116 valence electrons. The van der Waals surface area contributed by atoms with Crippen LogP contribution < -0.4 is 0 Å². The van der Waals surface area contributed by atoms with Gasteiger partial charge in [-0.2, -0.15) is 0 Å². The first-order valence-electron chi connectivity index (χ1n) is 6.50. The van der Waals surface area contributed by atoms with Gasteiger partial charge in [-0.15, -0.1) is 0 Å². The Morgan fingerprint density at radius 1 is 1.38 bits per heavy atom. The van der Waals surface area contributed by atoms with Crippen LogP contribution in [-0.2, 0) is 19.4 Å². The first-order chi connectivity index (χ1) is 9.81. The number of aliphatic carboxylic acids is 1. The number of methoxy groups -OCH3 is 1. The summed E-state index contributed by atoms with van der Waals surface area (Å²) >= 11 is 3.31. The predicted octanol–water partition coefficient (Wildman–Crippen LogP) is 2.07. The molecule has 1 fully saturated rings. The minimum Gasteiger partial charge on any atom is -0.481 e. The van der Waals surface area contributed by atoms with Crippen molar-refractivity contribution in [3.63, 3.8) is 0 Å². The Hall–Kier alpha value is -0.920. The zero-order valence-corrected chi connectivity index (χ0v) is 14.1. The Balaban J connectivity index is 2.51. The van der Waals surface area contributed by atoms with Crippen molar-refractivity contribution < 1.29 is 23.1 Å². The number of sulfone groups is 1. The molecule has 1 aliphatic carbocycles. The molecule has 3 atom stereocenters. The number of ether oxygens (including phenoxy) is 1. The molecule has 2 rings (SSSR count). The Kier molecular flexibility index (Phi) is 4.46. The van der Waals surface area contributed by atoms with Gasteiger partial charge in [-0.05, 0) is 17.7 Å². The number of carboxylic acid groups (broad SMARTS) is 1. The maximum Gasteiger partial charge on any atom is 0.314 e. The second-order valence-electron chi connectivity index (χ2n) is 5.18. The summed E-state index contributed by atoms with van der Waals surface area (Å²) in [6.45, 7) is 1.42. The Labute approximate surface area is 132 Å². The lowest BCUT2D eigenvalue weighted by molar-refractivity contribution is -0.145. The van der Waals surface area contributed by atoms with Crippen LogP contribution in [0.5, 0.6) is 0 Å². The second kappa shape index (κ2) is 5.70. The van der Waals surface area contributed by atoms with E-state index in [1.54, 1.807) is 24.3 Å². The van der Waals surface area contributed by atoms with Gasteiger partial charge in [-0.25, -0.2) is 8.42 Å². The lowest BCUT2D eigenvalue weighted by Gasteiger charge is -2.11. The maximum atomic E-state index is 12.3. The van der Waals surface area contributed by atoms with E-state index in [1.165, 1.54) is 14.0 Å². The number of carbonyl (C=O) groups is 1. The lowest BCUT2D eigenvalue weighted by Crippen LogP contribution is -2.29. The van der Waals surface area contributed by atoms with E-state index in [0.29, 0.717) is 5.56 Å². The largest absolute Gasteiger partial charge is 0.481 e. The summed E-state index contributed by atoms with van der Waals surface area (Å²) in [6, 6.07) is 7.08. The quantitative estimate of drug-likeness (QED) is 0.821. The highest BCUT2D eigenvalue weighted by Crippen LogP contribution is 2.63. The van der Waals surface area contributed by atoms with E-state index in [1.807, 2.05) is 0 Å². The predicted molar refractivity (Wildman–Crippen MR) is 82.1 cm³/mol. The molecule has 0 bridgehead atoms. The first kappa shape index (κ1) is 16.5. The molecule has 0 radical (unpaired) electrons. The molecule has 7 heteroatoms. The SMILES string of the molecule is CCS(=O)(=O)[C@@H]1[C@@H](c2ccc(Br)cc2)[C@]1(COC)C(=O)O. The van der Waals surface area contributed by atoms with Gasteiger partial charge >= 0.3 is 5.97 Å². The second-order valence-corrected chi connectivity index (χ2v) is 8.51. The van der Waals surface area contributed by atoms with Crippen LogP contribution in [0, 0.1) is 5.41 Å². The lowest BCUT2D eigenvalue weighted by atomic mass is 10.0. The zero-order chi connectivity index (χ0) is 15.8. The number of carboxylic acids is 1. The third-order valence-electron chi connectivity index (χ3n) is 4.06. The number of rotatable bonds is 6. The summed E-state index contributed by atoms with van der Waals surface area (Å²) in [5.41, 5.74) is -0.683. The molecule has 1 saturated carbocycles. The van der Waals surface area contributed by atoms with E-state index >= 15 is 0 Å². The zero-order valence-electron chi connectivity index (χ0n) is 11.7. The van der Waals surface area contributed by atoms with Crippen molar-refractivity contribution in [2.45, 2.75) is 18.1 Å². The molecule has 0 saturated heterocycles. The van der Waals surface area contributed by atoms with Crippen molar-refractivity contribution in [2.24, 2.45) is 5.41 Å². The molecule has 21 heavy (non-hydrogen) atoms. The van der Waals surface area contributed by atoms with E-state index in [4.69, 9.17) is 4.74 Å². The summed E-state index contributed by atoms with van der Waals surface area (Å²) in [7, 11) is -2.09. The molecular formula is C14H17BrO5S. The summed E-state index contributed by atoms with van der Waals surface area (Å²) in [6.07, 6.45) is 0. The van der Waals surface area contributed by atoms with Crippen molar-refractivity contribution in [3.8, 4) is 0 Å². The van der Waals surface area contributed by atoms with E-state index in [-0.39, 0.29) is 12.4 Å². The number of hydrogen-bond donors (Lipinski definition) is 1. The van der Waals surface area contributed by atoms with Gasteiger partial charge in [0, 0.05) is 23.3 Å². The molecule has 1 aliphatic rings. The first-order valence-corrected chi connectivity index (χ1v) is 9.01. The van der Waals surface area contributed by atoms with Crippen molar-refractivity contribution >= 4 is 31.7 Å². The van der Waals surface area contributed by atoms with E-state index in [2.05, 4.69) is 15.9 Å². The van der Waals surface area contributed by atoms with Gasteiger partial charge in [0.15, 0.2) is 9.84 Å². The Morgan fingerprint density at radius 3 is 2.38 bits per heavy atom. The third kappa shape index (κ3) is 2.62. The van der Waals surface area contributed by atoms with Crippen molar-refractivity contribution in [3.05, 3.63) is 34.3 Å². The fourth-order valence-electron chi connectivity index (χ4n) is 2.98. The monoisotopic (exact) mass is 376 g/mol. The van der Waals surface area contributed by atoms with Gasteiger partial charge in [0.1, 0.15) is 5.41 Å². The molecule has 0 heterocycles. The molecule has 1 aromatic rings. The molecule has 0 amide bonds. The van der Waals surface area contributed by atoms with Crippen molar-refractivity contribution in [1.29, 1.82) is 0 Å². The maximum absolute atomic E-state index is 12.3. The molecule has 1 aromatic carbocycles. The minimum absolute atomic E-state index is 0.0799. The van der Waals surface area contributed by atoms with Gasteiger partial charge in [0.25, 0.3) is 0 Å². The Morgan fingerprint density at radius 2 is 1.95 bits per heavy atom. The van der Waals surface area contributed by atoms with E-state index in [0.717, 1.165) is 4.47 Å². The summed E-state index contributed by atoms with van der Waals surface area (Å²) in [4.78, 5) is 11.7. The molecule has 1 N–H and O–H groups in total. The highest BCUT2D eigenvalue weighted by molar-refractivity contribution is 9.10. The standard InChI is InChI=1S/C14H17BrO5S/c1-3-21(18,19)12-11(9-4-6-10(15)7-5-9)14(12,8-20-2)13(16)17/h4-7,11-12H,3,8H2,1-2H3,(H,16,17)/t11-,12-,14+/m1/s1. The Bertz CT molecular complexity index is 640. The topological polar surface area (TPSA) is 80.7 Å². The smallest absolute Gasteiger partial charge is 0.314 e. The van der Waals surface area contributed by atoms with Crippen LogP contribution in [-0.4, -0.2) is 44.2 Å². The highest BCUT2D eigenvalue weighted by atomic mass is 79.9. The summed E-state index contributed by atoms with van der Waals surface area (Å²) in [5.74, 6) is -1.78. The van der Waals surface area contributed by atoms with Crippen molar-refractivity contribution in [1.82, 2.24) is 0 Å². The third-order valence-corrected chi connectivity index (χ3v) is 6.86. The van der Waals surface area contributed by atoms with Gasteiger partial charge < -0.3 is 9.84 Å². The van der Waals surface area contributed by atoms with Gasteiger partial charge in [-0.1, -0.05) is 35.0 Å². The summed E-state index contributed by atoms with van der Waals surface area (Å²) in [5, 5.41) is 8.66. The van der Waals surface area contributed by atoms with Gasteiger partial charge in [0.2, 0.25) is 0 Å². The normalized spacial score (nSPS) is 28.3. The van der Waals surface area contributed by atoms with Crippen molar-refractivity contribution in [2.75, 3.05) is 19.5 Å². The highest BCUT2D eigenvalue weighted by Gasteiger charge is 2.75. The van der Waals surface area contributed by atoms with Crippen LogP contribution >= 0.6 is 15.9 Å².